The Labute approximate surface area is 136 Å². The van der Waals surface area contributed by atoms with Crippen LogP contribution in [0, 0.1) is 5.41 Å². The molecule has 2 heterocycles. The first-order chi connectivity index (χ1) is 10.8. The zero-order chi connectivity index (χ0) is 16.7. The molecule has 2 aliphatic rings. The highest BCUT2D eigenvalue weighted by Crippen LogP contribution is 2.40. The van der Waals surface area contributed by atoms with E-state index >= 15 is 0 Å². The molecule has 1 spiro atoms. The quantitative estimate of drug-likeness (QED) is 0.907. The molecule has 1 amide bonds. The molecule has 0 aromatic heterocycles. The maximum atomic E-state index is 11.5. The van der Waals surface area contributed by atoms with Gasteiger partial charge >= 0.3 is 6.09 Å². The van der Waals surface area contributed by atoms with E-state index in [0.717, 1.165) is 38.0 Å². The van der Waals surface area contributed by atoms with E-state index in [0.29, 0.717) is 18.0 Å². The number of rotatable bonds is 3. The van der Waals surface area contributed by atoms with Crippen molar-refractivity contribution in [2.75, 3.05) is 32.4 Å². The van der Waals surface area contributed by atoms with Gasteiger partial charge in [-0.05, 0) is 43.6 Å². The van der Waals surface area contributed by atoms with Gasteiger partial charge in [-0.2, -0.15) is 0 Å². The smallest absolute Gasteiger partial charge is 0.407 e. The fourth-order valence-corrected chi connectivity index (χ4v) is 4.13. The van der Waals surface area contributed by atoms with E-state index in [1.165, 1.54) is 11.2 Å². The maximum absolute atomic E-state index is 11.5. The van der Waals surface area contributed by atoms with Crippen LogP contribution in [0.4, 0.5) is 4.79 Å². The average Bonchev–Trinajstić information content (AvgIpc) is 2.45. The topological polar surface area (TPSA) is 77.9 Å². The number of hydrogen-bond acceptors (Lipinski definition) is 4. The van der Waals surface area contributed by atoms with Crippen molar-refractivity contribution in [2.45, 2.75) is 24.3 Å². The summed E-state index contributed by atoms with van der Waals surface area (Å²) < 4.78 is 22.9. The minimum atomic E-state index is -3.14. The van der Waals surface area contributed by atoms with Gasteiger partial charge in [0.15, 0.2) is 9.84 Å². The van der Waals surface area contributed by atoms with Gasteiger partial charge in [0.25, 0.3) is 0 Å². The van der Waals surface area contributed by atoms with Crippen LogP contribution in [0.5, 0.6) is 0 Å². The van der Waals surface area contributed by atoms with Gasteiger partial charge < -0.3 is 10.0 Å². The molecule has 23 heavy (non-hydrogen) atoms. The molecule has 1 N–H and O–H groups in total. The molecule has 0 aliphatic carbocycles. The zero-order valence-electron chi connectivity index (χ0n) is 13.2. The predicted octanol–water partition coefficient (Wildman–Crippen LogP) is 1.67. The summed E-state index contributed by atoms with van der Waals surface area (Å²) in [5.74, 6) is 0. The van der Waals surface area contributed by atoms with Gasteiger partial charge in [-0.25, -0.2) is 13.2 Å². The van der Waals surface area contributed by atoms with E-state index in [9.17, 15) is 13.2 Å². The number of nitrogens with zero attached hydrogens (tertiary/aromatic N) is 2. The second-order valence-electron chi connectivity index (χ2n) is 6.83. The molecule has 1 aromatic carbocycles. The Balaban J connectivity index is 1.52. The summed E-state index contributed by atoms with van der Waals surface area (Å²) in [7, 11) is -3.14. The van der Waals surface area contributed by atoms with Crippen LogP contribution in [-0.2, 0) is 16.4 Å². The molecular formula is C16H22N2O4S. The van der Waals surface area contributed by atoms with E-state index in [1.54, 1.807) is 12.1 Å². The molecule has 0 unspecified atom stereocenters. The molecule has 0 bridgehead atoms. The predicted molar refractivity (Wildman–Crippen MR) is 86.1 cm³/mol. The molecule has 126 valence electrons. The number of benzene rings is 1. The molecule has 1 aromatic rings. The largest absolute Gasteiger partial charge is 0.465 e. The van der Waals surface area contributed by atoms with Crippen LogP contribution in [0.15, 0.2) is 29.2 Å². The molecule has 0 saturated carbocycles. The summed E-state index contributed by atoms with van der Waals surface area (Å²) in [4.78, 5) is 15.1. The van der Waals surface area contributed by atoms with Crippen molar-refractivity contribution in [1.29, 1.82) is 0 Å². The molecule has 6 nitrogen and oxygen atoms in total. The van der Waals surface area contributed by atoms with E-state index in [2.05, 4.69) is 4.90 Å². The van der Waals surface area contributed by atoms with Crippen molar-refractivity contribution in [3.63, 3.8) is 0 Å². The Kier molecular flexibility index (Phi) is 4.10. The summed E-state index contributed by atoms with van der Waals surface area (Å²) in [5, 5.41) is 8.95. The molecule has 0 radical (unpaired) electrons. The number of sulfone groups is 1. The third-order valence-corrected chi connectivity index (χ3v) is 6.13. The van der Waals surface area contributed by atoms with E-state index in [4.69, 9.17) is 5.11 Å². The van der Waals surface area contributed by atoms with Crippen molar-refractivity contribution in [1.82, 2.24) is 9.80 Å². The maximum Gasteiger partial charge on any atom is 0.407 e. The Morgan fingerprint density at radius 3 is 2.22 bits per heavy atom. The fraction of sp³-hybridized carbons (Fsp3) is 0.562. The van der Waals surface area contributed by atoms with Gasteiger partial charge in [-0.3, -0.25) is 4.90 Å². The first-order valence-corrected chi connectivity index (χ1v) is 9.66. The molecular weight excluding hydrogens is 316 g/mol. The first-order valence-electron chi connectivity index (χ1n) is 7.77. The fourth-order valence-electron chi connectivity index (χ4n) is 3.50. The van der Waals surface area contributed by atoms with Crippen LogP contribution in [0.1, 0.15) is 18.4 Å². The summed E-state index contributed by atoms with van der Waals surface area (Å²) in [6.45, 7) is 4.06. The van der Waals surface area contributed by atoms with Crippen molar-refractivity contribution < 1.29 is 18.3 Å². The summed E-state index contributed by atoms with van der Waals surface area (Å²) in [6.07, 6.45) is 2.45. The number of carbonyl (C=O) groups is 1. The van der Waals surface area contributed by atoms with Crippen molar-refractivity contribution >= 4 is 15.9 Å². The molecule has 7 heteroatoms. The van der Waals surface area contributed by atoms with Gasteiger partial charge in [0.1, 0.15) is 0 Å². The first kappa shape index (κ1) is 16.3. The highest BCUT2D eigenvalue weighted by atomic mass is 32.2. The molecule has 2 aliphatic heterocycles. The molecule has 2 fully saturated rings. The summed E-state index contributed by atoms with van der Waals surface area (Å²) in [6, 6.07) is 7.06. The Hall–Kier alpha value is -1.60. The summed E-state index contributed by atoms with van der Waals surface area (Å²) in [5.41, 5.74) is 1.30. The van der Waals surface area contributed by atoms with Crippen molar-refractivity contribution in [3.05, 3.63) is 29.8 Å². The standard InChI is InChI=1S/C16H22N2O4S/c1-23(21,22)14-4-2-13(3-5-14)10-17-8-6-16(7-9-17)11-18(12-16)15(19)20/h2-5H,6-12H2,1H3,(H,19,20). The van der Waals surface area contributed by atoms with Crippen LogP contribution >= 0.6 is 0 Å². The van der Waals surface area contributed by atoms with Gasteiger partial charge in [-0.1, -0.05) is 12.1 Å². The number of hydrogen-bond donors (Lipinski definition) is 1. The average molecular weight is 338 g/mol. The minimum absolute atomic E-state index is 0.190. The van der Waals surface area contributed by atoms with Crippen LogP contribution in [0.25, 0.3) is 0 Å². The highest BCUT2D eigenvalue weighted by molar-refractivity contribution is 7.90. The van der Waals surface area contributed by atoms with E-state index in [1.807, 2.05) is 12.1 Å². The van der Waals surface area contributed by atoms with Gasteiger partial charge in [-0.15, -0.1) is 0 Å². The highest BCUT2D eigenvalue weighted by Gasteiger charge is 2.46. The number of carboxylic acid groups (broad SMARTS) is 1. The molecule has 0 atom stereocenters. The zero-order valence-corrected chi connectivity index (χ0v) is 14.1. The number of amides is 1. The van der Waals surface area contributed by atoms with Gasteiger partial charge in [0.05, 0.1) is 4.90 Å². The van der Waals surface area contributed by atoms with Crippen LogP contribution < -0.4 is 0 Å². The van der Waals surface area contributed by atoms with Crippen LogP contribution in [0.3, 0.4) is 0 Å². The van der Waals surface area contributed by atoms with Crippen LogP contribution in [-0.4, -0.2) is 61.9 Å². The van der Waals surface area contributed by atoms with Crippen LogP contribution in [0.2, 0.25) is 0 Å². The SMILES string of the molecule is CS(=O)(=O)c1ccc(CN2CCC3(CC2)CN(C(=O)O)C3)cc1. The van der Waals surface area contributed by atoms with Gasteiger partial charge in [0.2, 0.25) is 0 Å². The Morgan fingerprint density at radius 1 is 1.17 bits per heavy atom. The lowest BCUT2D eigenvalue weighted by molar-refractivity contribution is -0.0352. The second-order valence-corrected chi connectivity index (χ2v) is 8.85. The monoisotopic (exact) mass is 338 g/mol. The molecule has 3 rings (SSSR count). The van der Waals surface area contributed by atoms with E-state index in [-0.39, 0.29) is 5.41 Å². The van der Waals surface area contributed by atoms with Crippen molar-refractivity contribution in [3.8, 4) is 0 Å². The molecule has 2 saturated heterocycles. The third-order valence-electron chi connectivity index (χ3n) is 5.00. The lowest BCUT2D eigenvalue weighted by Crippen LogP contribution is -2.61. The normalized spacial score (nSPS) is 21.2. The van der Waals surface area contributed by atoms with Crippen molar-refractivity contribution in [2.24, 2.45) is 5.41 Å². The van der Waals surface area contributed by atoms with E-state index < -0.39 is 15.9 Å². The number of piperidine rings is 1. The summed E-state index contributed by atoms with van der Waals surface area (Å²) >= 11 is 0. The van der Waals surface area contributed by atoms with Gasteiger partial charge in [0, 0.05) is 31.3 Å². The lowest BCUT2D eigenvalue weighted by atomic mass is 9.72. The number of likely N-dealkylation sites (tertiary alicyclic amines) is 2. The minimum Gasteiger partial charge on any atom is -0.465 e. The Morgan fingerprint density at radius 2 is 1.74 bits per heavy atom. The third kappa shape index (κ3) is 3.50. The Bertz CT molecular complexity index is 683. The second kappa shape index (κ2) is 5.79. The lowest BCUT2D eigenvalue weighted by Gasteiger charge is -2.52.